The van der Waals surface area contributed by atoms with E-state index in [2.05, 4.69) is 18.8 Å². The predicted molar refractivity (Wildman–Crippen MR) is 83.7 cm³/mol. The minimum Gasteiger partial charge on any atom is -0.464 e. The van der Waals surface area contributed by atoms with Crippen LogP contribution >= 0.6 is 11.3 Å². The van der Waals surface area contributed by atoms with Crippen molar-refractivity contribution in [2.24, 2.45) is 5.41 Å². The van der Waals surface area contributed by atoms with E-state index < -0.39 is 0 Å². The SMILES string of the molecule is CCOC1(c2nc(C(=O)OC)c(C)s2)CCC(C)(C)CC1. The maximum Gasteiger partial charge on any atom is 0.357 e. The van der Waals surface area contributed by atoms with Gasteiger partial charge in [0, 0.05) is 11.5 Å². The molecule has 0 bridgehead atoms. The van der Waals surface area contributed by atoms with Gasteiger partial charge >= 0.3 is 5.97 Å². The maximum absolute atomic E-state index is 11.8. The fraction of sp³-hybridized carbons (Fsp3) is 0.750. The molecule has 1 saturated carbocycles. The molecule has 5 heteroatoms. The second-order valence-electron chi connectivity index (χ2n) is 6.51. The normalized spacial score (nSPS) is 20.2. The van der Waals surface area contributed by atoms with Gasteiger partial charge in [0.05, 0.1) is 7.11 Å². The number of carbonyl (C=O) groups excluding carboxylic acids is 1. The molecule has 2 rings (SSSR count). The summed E-state index contributed by atoms with van der Waals surface area (Å²) < 4.78 is 10.9. The van der Waals surface area contributed by atoms with Gasteiger partial charge in [-0.1, -0.05) is 13.8 Å². The van der Waals surface area contributed by atoms with E-state index >= 15 is 0 Å². The third-order valence-electron chi connectivity index (χ3n) is 4.40. The Bertz CT molecular complexity index is 512. The largest absolute Gasteiger partial charge is 0.464 e. The number of methoxy groups -OCH3 is 1. The molecule has 0 aromatic carbocycles. The lowest BCUT2D eigenvalue weighted by atomic mass is 9.71. The summed E-state index contributed by atoms with van der Waals surface area (Å²) >= 11 is 1.57. The van der Waals surface area contributed by atoms with Crippen LogP contribution in [0.1, 0.15) is 66.8 Å². The van der Waals surface area contributed by atoms with Crippen molar-refractivity contribution in [2.45, 2.75) is 59.0 Å². The van der Waals surface area contributed by atoms with E-state index in [1.807, 2.05) is 13.8 Å². The van der Waals surface area contributed by atoms with Gasteiger partial charge in [-0.25, -0.2) is 9.78 Å². The molecular weight excluding hydrogens is 286 g/mol. The van der Waals surface area contributed by atoms with Crippen molar-refractivity contribution < 1.29 is 14.3 Å². The highest BCUT2D eigenvalue weighted by atomic mass is 32.1. The lowest BCUT2D eigenvalue weighted by Crippen LogP contribution is -2.37. The highest BCUT2D eigenvalue weighted by Gasteiger charge is 2.43. The number of carbonyl (C=O) groups is 1. The molecule has 4 nitrogen and oxygen atoms in total. The zero-order chi connectivity index (χ0) is 15.7. The summed E-state index contributed by atoms with van der Waals surface area (Å²) in [5.41, 5.74) is 0.464. The molecule has 1 aliphatic rings. The van der Waals surface area contributed by atoms with E-state index in [1.165, 1.54) is 7.11 Å². The van der Waals surface area contributed by atoms with Gasteiger partial charge in [0.2, 0.25) is 0 Å². The van der Waals surface area contributed by atoms with E-state index in [4.69, 9.17) is 9.47 Å². The van der Waals surface area contributed by atoms with Crippen LogP contribution in [-0.4, -0.2) is 24.7 Å². The molecule has 0 aliphatic heterocycles. The van der Waals surface area contributed by atoms with Crippen LogP contribution in [0.15, 0.2) is 0 Å². The lowest BCUT2D eigenvalue weighted by molar-refractivity contribution is -0.0890. The molecule has 1 aromatic rings. The van der Waals surface area contributed by atoms with E-state index in [9.17, 15) is 4.79 Å². The van der Waals surface area contributed by atoms with Gasteiger partial charge in [0.15, 0.2) is 5.69 Å². The minimum absolute atomic E-state index is 0.327. The van der Waals surface area contributed by atoms with Crippen LogP contribution in [0.3, 0.4) is 0 Å². The van der Waals surface area contributed by atoms with Crippen molar-refractivity contribution in [3.05, 3.63) is 15.6 Å². The second-order valence-corrected chi connectivity index (χ2v) is 7.71. The Morgan fingerprint density at radius 2 is 1.90 bits per heavy atom. The van der Waals surface area contributed by atoms with Crippen molar-refractivity contribution in [1.29, 1.82) is 0 Å². The lowest BCUT2D eigenvalue weighted by Gasteiger charge is -2.42. The first kappa shape index (κ1) is 16.4. The van der Waals surface area contributed by atoms with Crippen molar-refractivity contribution >= 4 is 17.3 Å². The summed E-state index contributed by atoms with van der Waals surface area (Å²) in [6.45, 7) is 9.20. The van der Waals surface area contributed by atoms with Crippen LogP contribution in [0.5, 0.6) is 0 Å². The summed E-state index contributed by atoms with van der Waals surface area (Å²) in [4.78, 5) is 17.2. The van der Waals surface area contributed by atoms with E-state index in [1.54, 1.807) is 11.3 Å². The van der Waals surface area contributed by atoms with Gasteiger partial charge in [-0.3, -0.25) is 0 Å². The van der Waals surface area contributed by atoms with Crippen LogP contribution in [0, 0.1) is 12.3 Å². The molecule has 1 fully saturated rings. The molecule has 0 saturated heterocycles. The Morgan fingerprint density at radius 3 is 2.43 bits per heavy atom. The van der Waals surface area contributed by atoms with Gasteiger partial charge in [0.25, 0.3) is 0 Å². The molecule has 0 atom stereocenters. The van der Waals surface area contributed by atoms with Crippen LogP contribution < -0.4 is 0 Å². The number of nitrogens with zero attached hydrogens (tertiary/aromatic N) is 1. The molecule has 0 unspecified atom stereocenters. The average molecular weight is 311 g/mol. The average Bonchev–Trinajstić information content (AvgIpc) is 2.83. The summed E-state index contributed by atoms with van der Waals surface area (Å²) in [6, 6.07) is 0. The number of hydrogen-bond donors (Lipinski definition) is 0. The van der Waals surface area contributed by atoms with Crippen LogP contribution in [0.2, 0.25) is 0 Å². The quantitative estimate of drug-likeness (QED) is 0.786. The standard InChI is InChI=1S/C16H25NO3S/c1-6-20-16(9-7-15(3,4)8-10-16)14-17-12(11(2)21-14)13(18)19-5/h6-10H2,1-5H3. The molecule has 0 spiro atoms. The van der Waals surface area contributed by atoms with Crippen LogP contribution in [0.4, 0.5) is 0 Å². The zero-order valence-electron chi connectivity index (χ0n) is 13.6. The summed E-state index contributed by atoms with van der Waals surface area (Å²) in [7, 11) is 1.39. The maximum atomic E-state index is 11.8. The number of aryl methyl sites for hydroxylation is 1. The van der Waals surface area contributed by atoms with Crippen molar-refractivity contribution in [3.8, 4) is 0 Å². The molecule has 1 heterocycles. The van der Waals surface area contributed by atoms with Gasteiger partial charge in [-0.2, -0.15) is 0 Å². The third-order valence-corrected chi connectivity index (χ3v) is 5.55. The topological polar surface area (TPSA) is 48.4 Å². The Morgan fingerprint density at radius 1 is 1.29 bits per heavy atom. The van der Waals surface area contributed by atoms with Gasteiger partial charge in [-0.15, -0.1) is 11.3 Å². The zero-order valence-corrected chi connectivity index (χ0v) is 14.4. The minimum atomic E-state index is -0.363. The van der Waals surface area contributed by atoms with Crippen molar-refractivity contribution in [2.75, 3.05) is 13.7 Å². The molecule has 1 aliphatic carbocycles. The predicted octanol–water partition coefficient (Wildman–Crippen LogP) is 4.07. The number of aromatic nitrogens is 1. The first-order valence-electron chi connectivity index (χ1n) is 7.54. The van der Waals surface area contributed by atoms with Crippen LogP contribution in [-0.2, 0) is 15.1 Å². The Labute approximate surface area is 130 Å². The molecular formula is C16H25NO3S. The monoisotopic (exact) mass is 311 g/mol. The number of thiazole rings is 1. The summed E-state index contributed by atoms with van der Waals surface area (Å²) in [5, 5.41) is 0.928. The third kappa shape index (κ3) is 3.29. The van der Waals surface area contributed by atoms with E-state index in [-0.39, 0.29) is 11.6 Å². The molecule has 1 aromatic heterocycles. The smallest absolute Gasteiger partial charge is 0.357 e. The van der Waals surface area contributed by atoms with E-state index in [0.717, 1.165) is 35.6 Å². The summed E-state index contributed by atoms with van der Waals surface area (Å²) in [5.74, 6) is -0.363. The number of rotatable bonds is 4. The highest BCUT2D eigenvalue weighted by molar-refractivity contribution is 7.12. The molecule has 0 N–H and O–H groups in total. The fourth-order valence-electron chi connectivity index (χ4n) is 2.90. The highest BCUT2D eigenvalue weighted by Crippen LogP contribution is 2.48. The number of ether oxygens (including phenoxy) is 2. The number of hydrogen-bond acceptors (Lipinski definition) is 5. The Hall–Kier alpha value is -0.940. The first-order chi connectivity index (χ1) is 9.83. The molecule has 118 valence electrons. The Balaban J connectivity index is 2.33. The summed E-state index contributed by atoms with van der Waals surface area (Å²) in [6.07, 6.45) is 4.14. The fourth-order valence-corrected chi connectivity index (χ4v) is 4.01. The Kier molecular flexibility index (Phi) is 4.73. The molecule has 0 radical (unpaired) electrons. The van der Waals surface area contributed by atoms with Gasteiger partial charge < -0.3 is 9.47 Å². The molecule has 0 amide bonds. The van der Waals surface area contributed by atoms with Crippen molar-refractivity contribution in [1.82, 2.24) is 4.98 Å². The van der Waals surface area contributed by atoms with Gasteiger partial charge in [0.1, 0.15) is 10.6 Å². The second kappa shape index (κ2) is 6.05. The molecule has 21 heavy (non-hydrogen) atoms. The number of esters is 1. The van der Waals surface area contributed by atoms with Gasteiger partial charge in [-0.05, 0) is 44.9 Å². The van der Waals surface area contributed by atoms with Crippen LogP contribution in [0.25, 0.3) is 0 Å². The van der Waals surface area contributed by atoms with E-state index in [0.29, 0.717) is 17.7 Å². The first-order valence-corrected chi connectivity index (χ1v) is 8.35. The van der Waals surface area contributed by atoms with Crippen molar-refractivity contribution in [3.63, 3.8) is 0 Å².